The van der Waals surface area contributed by atoms with Crippen molar-refractivity contribution in [3.63, 3.8) is 0 Å². The summed E-state index contributed by atoms with van der Waals surface area (Å²) in [4.78, 5) is 0. The van der Waals surface area contributed by atoms with E-state index in [1.165, 1.54) is 0 Å². The SMILES string of the molecule is CC(F)(F)C(F)(F)OC(F)(F)C(F)(F)SOOO. The molecule has 0 bridgehead atoms. The molecule has 0 aromatic carbocycles. The number of hydrogen-bond donors (Lipinski definition) is 1. The largest absolute Gasteiger partial charge is 0.436 e. The highest BCUT2D eigenvalue weighted by Crippen LogP contribution is 2.49. The molecule has 0 unspecified atom stereocenters. The molecule has 1 N–H and O–H groups in total. The van der Waals surface area contributed by atoms with Crippen LogP contribution in [0.5, 0.6) is 0 Å². The first-order valence-electron chi connectivity index (χ1n) is 3.64. The fourth-order valence-corrected chi connectivity index (χ4v) is 0.671. The molecule has 0 saturated heterocycles. The van der Waals surface area contributed by atoms with Crippen LogP contribution in [0.25, 0.3) is 0 Å². The van der Waals surface area contributed by atoms with Crippen molar-refractivity contribution < 1.29 is 54.5 Å². The minimum atomic E-state index is -6.03. The van der Waals surface area contributed by atoms with E-state index in [1.54, 1.807) is 0 Å². The number of alkyl halides is 8. The van der Waals surface area contributed by atoms with Crippen molar-refractivity contribution in [3.8, 4) is 0 Å². The highest BCUT2D eigenvalue weighted by molar-refractivity contribution is 7.95. The van der Waals surface area contributed by atoms with Gasteiger partial charge < -0.3 is 0 Å². The zero-order chi connectivity index (χ0) is 14.8. The number of ether oxygens (including phenoxy) is 1. The standard InChI is InChI=1S/C5H4F8O4S/c1-2(6,7)3(8,9)15-4(10,11)5(12,13)18-17-16-14/h14H,1H3. The van der Waals surface area contributed by atoms with E-state index in [2.05, 4.69) is 14.1 Å². The Balaban J connectivity index is 4.94. The van der Waals surface area contributed by atoms with Crippen molar-refractivity contribution in [3.05, 3.63) is 0 Å². The molecule has 0 radical (unpaired) electrons. The van der Waals surface area contributed by atoms with Crippen LogP contribution in [0.1, 0.15) is 6.92 Å². The maximum atomic E-state index is 12.5. The molecule has 4 nitrogen and oxygen atoms in total. The lowest BCUT2D eigenvalue weighted by atomic mass is 10.3. The molecule has 0 aliphatic rings. The van der Waals surface area contributed by atoms with E-state index in [-0.39, 0.29) is 0 Å². The molecule has 0 spiro atoms. The van der Waals surface area contributed by atoms with Gasteiger partial charge in [0.25, 0.3) is 0 Å². The van der Waals surface area contributed by atoms with Gasteiger partial charge in [0, 0.05) is 6.92 Å². The Morgan fingerprint density at radius 2 is 1.33 bits per heavy atom. The van der Waals surface area contributed by atoms with E-state index >= 15 is 0 Å². The summed E-state index contributed by atoms with van der Waals surface area (Å²) >= 11 is -1.62. The summed E-state index contributed by atoms with van der Waals surface area (Å²) < 4.78 is 104. The first-order chi connectivity index (χ1) is 7.77. The molecule has 110 valence electrons. The Kier molecular flexibility index (Phi) is 5.21. The Bertz CT molecular complexity index is 279. The second kappa shape index (κ2) is 5.32. The normalized spacial score (nSPS) is 15.0. The van der Waals surface area contributed by atoms with Crippen LogP contribution in [0.3, 0.4) is 0 Å². The minimum Gasteiger partial charge on any atom is -0.245 e. The van der Waals surface area contributed by atoms with E-state index in [0.717, 1.165) is 0 Å². The molecule has 18 heavy (non-hydrogen) atoms. The smallest absolute Gasteiger partial charge is 0.245 e. The quantitative estimate of drug-likeness (QED) is 0.337. The van der Waals surface area contributed by atoms with Crippen molar-refractivity contribution in [1.29, 1.82) is 0 Å². The predicted molar refractivity (Wildman–Crippen MR) is 38.9 cm³/mol. The lowest BCUT2D eigenvalue weighted by Crippen LogP contribution is -2.51. The van der Waals surface area contributed by atoms with Gasteiger partial charge in [-0.15, -0.1) is 4.33 Å². The topological polar surface area (TPSA) is 47.9 Å². The van der Waals surface area contributed by atoms with Crippen molar-refractivity contribution >= 4 is 12.0 Å². The zero-order valence-electron chi connectivity index (χ0n) is 8.10. The molecule has 0 atom stereocenters. The third-order valence-electron chi connectivity index (χ3n) is 1.28. The summed E-state index contributed by atoms with van der Waals surface area (Å²) in [5.74, 6) is -5.13. The van der Waals surface area contributed by atoms with Crippen LogP contribution in [0.15, 0.2) is 0 Å². The second-order valence-corrected chi connectivity index (χ2v) is 3.58. The Labute approximate surface area is 97.8 Å². The minimum absolute atomic E-state index is 0.512. The molecular weight excluding hydrogens is 308 g/mol. The predicted octanol–water partition coefficient (Wildman–Crippen LogP) is 3.51. The van der Waals surface area contributed by atoms with Crippen LogP contribution in [-0.4, -0.2) is 28.7 Å². The van der Waals surface area contributed by atoms with Crippen LogP contribution in [0.4, 0.5) is 35.1 Å². The Morgan fingerprint density at radius 3 is 1.67 bits per heavy atom. The number of hydrogen-bond acceptors (Lipinski definition) is 5. The van der Waals surface area contributed by atoms with Gasteiger partial charge in [0.1, 0.15) is 12.0 Å². The van der Waals surface area contributed by atoms with Gasteiger partial charge in [-0.1, -0.05) is 5.04 Å². The maximum absolute atomic E-state index is 12.5. The first kappa shape index (κ1) is 17.6. The van der Waals surface area contributed by atoms with Gasteiger partial charge in [-0.3, -0.25) is 0 Å². The summed E-state index contributed by atoms with van der Waals surface area (Å²) in [6, 6.07) is 0. The zero-order valence-corrected chi connectivity index (χ0v) is 8.92. The van der Waals surface area contributed by atoms with Crippen molar-refractivity contribution in [1.82, 2.24) is 0 Å². The van der Waals surface area contributed by atoms with Crippen LogP contribution in [0.2, 0.25) is 0 Å². The molecule has 0 aromatic heterocycles. The van der Waals surface area contributed by atoms with Gasteiger partial charge in [-0.05, 0) is 0 Å². The summed E-state index contributed by atoms with van der Waals surface area (Å²) in [6.45, 7) is -0.512. The van der Waals surface area contributed by atoms with Crippen LogP contribution >= 0.6 is 12.0 Å². The summed E-state index contributed by atoms with van der Waals surface area (Å²) in [5.41, 5.74) is 0. The summed E-state index contributed by atoms with van der Waals surface area (Å²) in [5, 5.41) is 4.42. The first-order valence-corrected chi connectivity index (χ1v) is 4.38. The molecule has 0 fully saturated rings. The highest BCUT2D eigenvalue weighted by atomic mass is 32.2. The number of rotatable bonds is 7. The monoisotopic (exact) mass is 312 g/mol. The van der Waals surface area contributed by atoms with Gasteiger partial charge in [-0.25, -0.2) is 9.99 Å². The van der Waals surface area contributed by atoms with Crippen molar-refractivity contribution in [2.45, 2.75) is 30.3 Å². The Hall–Kier alpha value is -0.370. The maximum Gasteiger partial charge on any atom is 0.436 e. The van der Waals surface area contributed by atoms with Crippen molar-refractivity contribution in [2.75, 3.05) is 0 Å². The molecular formula is C5H4F8O4S. The third-order valence-corrected chi connectivity index (χ3v) is 1.85. The fourth-order valence-electron chi connectivity index (χ4n) is 0.416. The summed E-state index contributed by atoms with van der Waals surface area (Å²) in [7, 11) is 0. The average Bonchev–Trinajstić information content (AvgIpc) is 2.10. The van der Waals surface area contributed by atoms with Gasteiger partial charge in [0.15, 0.2) is 0 Å². The molecule has 0 saturated carbocycles. The lowest BCUT2D eigenvalue weighted by Gasteiger charge is -2.30. The van der Waals surface area contributed by atoms with Gasteiger partial charge in [-0.2, -0.15) is 35.1 Å². The van der Waals surface area contributed by atoms with E-state index in [4.69, 9.17) is 5.26 Å². The van der Waals surface area contributed by atoms with Gasteiger partial charge >= 0.3 is 23.4 Å². The highest BCUT2D eigenvalue weighted by Gasteiger charge is 2.68. The molecule has 0 rings (SSSR count). The van der Waals surface area contributed by atoms with Crippen LogP contribution in [0, 0.1) is 0 Å². The van der Waals surface area contributed by atoms with Crippen LogP contribution in [-0.2, 0) is 14.1 Å². The number of halogens is 8. The van der Waals surface area contributed by atoms with E-state index in [9.17, 15) is 35.1 Å². The van der Waals surface area contributed by atoms with Crippen LogP contribution < -0.4 is 0 Å². The van der Waals surface area contributed by atoms with E-state index < -0.39 is 42.4 Å². The molecule has 0 aliphatic carbocycles. The molecule has 0 amide bonds. The van der Waals surface area contributed by atoms with Crippen molar-refractivity contribution in [2.24, 2.45) is 0 Å². The van der Waals surface area contributed by atoms with Gasteiger partial charge in [0.05, 0.1) is 0 Å². The molecule has 0 aliphatic heterocycles. The fraction of sp³-hybridized carbons (Fsp3) is 1.00. The summed E-state index contributed by atoms with van der Waals surface area (Å²) in [6.07, 6.45) is -11.9. The molecule has 0 aromatic rings. The lowest BCUT2D eigenvalue weighted by molar-refractivity contribution is -0.458. The molecule has 0 heterocycles. The second-order valence-electron chi connectivity index (χ2n) is 2.77. The molecule has 13 heteroatoms. The van der Waals surface area contributed by atoms with E-state index in [1.807, 2.05) is 0 Å². The average molecular weight is 312 g/mol. The third kappa shape index (κ3) is 4.08. The van der Waals surface area contributed by atoms with Gasteiger partial charge in [0.2, 0.25) is 0 Å². The van der Waals surface area contributed by atoms with E-state index in [0.29, 0.717) is 0 Å². The Morgan fingerprint density at radius 1 is 0.889 bits per heavy atom.